The summed E-state index contributed by atoms with van der Waals surface area (Å²) >= 11 is 11.3. The molecule has 0 aliphatic heterocycles. The maximum absolute atomic E-state index is 13.1. The zero-order chi connectivity index (χ0) is 21.0. The van der Waals surface area contributed by atoms with E-state index in [2.05, 4.69) is 20.5 Å². The topological polar surface area (TPSA) is 51.1 Å². The highest BCUT2D eigenvalue weighted by Gasteiger charge is 2.12. The quantitative estimate of drug-likeness (QED) is 0.500. The van der Waals surface area contributed by atoms with Crippen LogP contribution in [0.5, 0.6) is 5.75 Å². The number of anilines is 2. The van der Waals surface area contributed by atoms with E-state index in [4.69, 9.17) is 23.8 Å². The van der Waals surface area contributed by atoms with Gasteiger partial charge in [0.25, 0.3) is 0 Å². The maximum Gasteiger partial charge on any atom is 0.387 e. The van der Waals surface area contributed by atoms with Crippen molar-refractivity contribution in [2.75, 3.05) is 10.6 Å². The first-order chi connectivity index (χ1) is 13.8. The molecular formula is C19H16ClF3N4OS. The first-order valence-corrected chi connectivity index (χ1v) is 9.19. The summed E-state index contributed by atoms with van der Waals surface area (Å²) in [6.07, 6.45) is 1.70. The van der Waals surface area contributed by atoms with E-state index in [-0.39, 0.29) is 10.9 Å². The molecular weight excluding hydrogens is 425 g/mol. The van der Waals surface area contributed by atoms with Crippen LogP contribution in [0.4, 0.5) is 24.7 Å². The molecule has 0 saturated heterocycles. The van der Waals surface area contributed by atoms with Gasteiger partial charge in [0.05, 0.1) is 12.2 Å². The van der Waals surface area contributed by atoms with Gasteiger partial charge in [-0.25, -0.2) is 4.39 Å². The molecule has 0 spiro atoms. The van der Waals surface area contributed by atoms with Gasteiger partial charge < -0.3 is 15.4 Å². The monoisotopic (exact) mass is 440 g/mol. The molecule has 2 N–H and O–H groups in total. The number of ether oxygens (including phenoxy) is 1. The van der Waals surface area contributed by atoms with Crippen LogP contribution in [0.1, 0.15) is 11.1 Å². The zero-order valence-corrected chi connectivity index (χ0v) is 16.7. The molecule has 1 heterocycles. The molecule has 152 valence electrons. The third-order valence-corrected chi connectivity index (χ3v) is 4.39. The molecule has 0 aliphatic rings. The van der Waals surface area contributed by atoms with E-state index < -0.39 is 12.4 Å². The highest BCUT2D eigenvalue weighted by molar-refractivity contribution is 7.80. The van der Waals surface area contributed by atoms with Crippen LogP contribution in [-0.2, 0) is 6.54 Å². The Morgan fingerprint density at radius 1 is 1.21 bits per heavy atom. The highest BCUT2D eigenvalue weighted by Crippen LogP contribution is 2.27. The van der Waals surface area contributed by atoms with Crippen molar-refractivity contribution < 1.29 is 17.9 Å². The molecule has 3 rings (SSSR count). The van der Waals surface area contributed by atoms with E-state index in [1.807, 2.05) is 0 Å². The third kappa shape index (κ3) is 5.85. The second-order valence-electron chi connectivity index (χ2n) is 6.09. The lowest BCUT2D eigenvalue weighted by Crippen LogP contribution is -2.20. The van der Waals surface area contributed by atoms with Crippen molar-refractivity contribution in [2.45, 2.75) is 20.1 Å². The molecule has 0 radical (unpaired) electrons. The van der Waals surface area contributed by atoms with Gasteiger partial charge in [0.15, 0.2) is 10.9 Å². The number of aryl methyl sites for hydroxylation is 1. The average Bonchev–Trinajstić information content (AvgIpc) is 3.06. The van der Waals surface area contributed by atoms with Crippen molar-refractivity contribution >= 4 is 40.4 Å². The van der Waals surface area contributed by atoms with E-state index in [0.29, 0.717) is 28.6 Å². The van der Waals surface area contributed by atoms with Gasteiger partial charge in [-0.15, -0.1) is 0 Å². The molecule has 10 heteroatoms. The first-order valence-electron chi connectivity index (χ1n) is 8.41. The number of aromatic nitrogens is 2. The number of benzene rings is 2. The van der Waals surface area contributed by atoms with Gasteiger partial charge in [0.1, 0.15) is 11.6 Å². The van der Waals surface area contributed by atoms with Gasteiger partial charge >= 0.3 is 6.61 Å². The fourth-order valence-corrected chi connectivity index (χ4v) is 2.98. The Kier molecular flexibility index (Phi) is 6.60. The van der Waals surface area contributed by atoms with Gasteiger partial charge in [0, 0.05) is 17.3 Å². The van der Waals surface area contributed by atoms with E-state index in [1.54, 1.807) is 42.1 Å². The Labute approximate surface area is 175 Å². The number of hydrogen-bond acceptors (Lipinski definition) is 3. The fourth-order valence-electron chi connectivity index (χ4n) is 2.54. The van der Waals surface area contributed by atoms with Crippen LogP contribution < -0.4 is 15.4 Å². The Hall–Kier alpha value is -2.78. The number of alkyl halides is 2. The van der Waals surface area contributed by atoms with Crippen molar-refractivity contribution in [1.29, 1.82) is 0 Å². The van der Waals surface area contributed by atoms with Crippen LogP contribution >= 0.6 is 23.8 Å². The highest BCUT2D eigenvalue weighted by atomic mass is 35.5. The van der Waals surface area contributed by atoms with Crippen LogP contribution in [0.25, 0.3) is 0 Å². The summed E-state index contributed by atoms with van der Waals surface area (Å²) in [6, 6.07) is 10.6. The van der Waals surface area contributed by atoms with Crippen molar-refractivity contribution in [3.63, 3.8) is 0 Å². The normalized spacial score (nSPS) is 10.8. The summed E-state index contributed by atoms with van der Waals surface area (Å²) < 4.78 is 44.5. The standard InChI is InChI=1S/C19H16ClF3N4OS/c1-11-2-5-15(16(8-11)28-18(22)23)24-19(29)25-17-6-7-27(26-17)10-12-3-4-13(21)9-14(12)20/h2-9,18H,10H2,1H3,(H2,24,25,26,29). The number of thiocarbonyl (C=S) groups is 1. The Balaban J connectivity index is 1.65. The number of hydrogen-bond donors (Lipinski definition) is 2. The van der Waals surface area contributed by atoms with Crippen LogP contribution in [0.15, 0.2) is 48.7 Å². The summed E-state index contributed by atoms with van der Waals surface area (Å²) in [4.78, 5) is 0. The van der Waals surface area contributed by atoms with Crippen LogP contribution in [-0.4, -0.2) is 21.5 Å². The lowest BCUT2D eigenvalue weighted by Gasteiger charge is -2.14. The smallest absolute Gasteiger partial charge is 0.387 e. The Bertz CT molecular complexity index is 1030. The Morgan fingerprint density at radius 2 is 2.00 bits per heavy atom. The number of halogens is 4. The molecule has 3 aromatic rings. The molecule has 0 aliphatic carbocycles. The summed E-state index contributed by atoms with van der Waals surface area (Å²) in [5.74, 6) is 0.00842. The first kappa shape index (κ1) is 20.9. The molecule has 29 heavy (non-hydrogen) atoms. The summed E-state index contributed by atoms with van der Waals surface area (Å²) in [5.41, 5.74) is 1.77. The molecule has 1 aromatic heterocycles. The van der Waals surface area contributed by atoms with Crippen LogP contribution in [0, 0.1) is 12.7 Å². The average molecular weight is 441 g/mol. The molecule has 0 bridgehead atoms. The van der Waals surface area contributed by atoms with E-state index >= 15 is 0 Å². The minimum Gasteiger partial charge on any atom is -0.433 e. The van der Waals surface area contributed by atoms with Crippen LogP contribution in [0.3, 0.4) is 0 Å². The molecule has 0 atom stereocenters. The summed E-state index contributed by atoms with van der Waals surface area (Å²) in [5, 5.41) is 10.4. The minimum absolute atomic E-state index is 0.0133. The van der Waals surface area contributed by atoms with E-state index in [0.717, 1.165) is 5.56 Å². The molecule has 0 amide bonds. The predicted molar refractivity (Wildman–Crippen MR) is 110 cm³/mol. The molecule has 0 fully saturated rings. The number of nitrogens with zero attached hydrogens (tertiary/aromatic N) is 2. The number of nitrogens with one attached hydrogen (secondary N) is 2. The molecule has 0 unspecified atom stereocenters. The number of rotatable bonds is 6. The van der Waals surface area contributed by atoms with Crippen LogP contribution in [0.2, 0.25) is 5.02 Å². The lowest BCUT2D eigenvalue weighted by atomic mass is 10.2. The van der Waals surface area contributed by atoms with Gasteiger partial charge in [-0.05, 0) is 54.5 Å². The second-order valence-corrected chi connectivity index (χ2v) is 6.91. The summed E-state index contributed by atoms with van der Waals surface area (Å²) in [7, 11) is 0. The van der Waals surface area contributed by atoms with Gasteiger partial charge in [-0.1, -0.05) is 23.7 Å². The van der Waals surface area contributed by atoms with Crippen molar-refractivity contribution in [1.82, 2.24) is 9.78 Å². The second kappa shape index (κ2) is 9.15. The Morgan fingerprint density at radius 3 is 2.72 bits per heavy atom. The maximum atomic E-state index is 13.1. The zero-order valence-electron chi connectivity index (χ0n) is 15.1. The largest absolute Gasteiger partial charge is 0.433 e. The SMILES string of the molecule is Cc1ccc(NC(=S)Nc2ccn(Cc3ccc(F)cc3Cl)n2)c(OC(F)F)c1. The summed E-state index contributed by atoms with van der Waals surface area (Å²) in [6.45, 7) is -0.850. The van der Waals surface area contributed by atoms with Gasteiger partial charge in [0.2, 0.25) is 0 Å². The fraction of sp³-hybridized carbons (Fsp3) is 0.158. The van der Waals surface area contributed by atoms with Crippen molar-refractivity contribution in [2.24, 2.45) is 0 Å². The third-order valence-electron chi connectivity index (χ3n) is 3.83. The molecule has 2 aromatic carbocycles. The molecule has 5 nitrogen and oxygen atoms in total. The lowest BCUT2D eigenvalue weighted by molar-refractivity contribution is -0.0493. The van der Waals surface area contributed by atoms with E-state index in [1.165, 1.54) is 18.2 Å². The van der Waals surface area contributed by atoms with Gasteiger partial charge in [-0.3, -0.25) is 4.68 Å². The van der Waals surface area contributed by atoms with E-state index in [9.17, 15) is 13.2 Å². The van der Waals surface area contributed by atoms with Gasteiger partial charge in [-0.2, -0.15) is 13.9 Å². The minimum atomic E-state index is -2.95. The molecule has 0 saturated carbocycles. The van der Waals surface area contributed by atoms with Crippen molar-refractivity contribution in [3.05, 3.63) is 70.6 Å². The predicted octanol–water partition coefficient (Wildman–Crippen LogP) is 5.44. The van der Waals surface area contributed by atoms with Crippen molar-refractivity contribution in [3.8, 4) is 5.75 Å².